The summed E-state index contributed by atoms with van der Waals surface area (Å²) in [6.07, 6.45) is 4.22. The van der Waals surface area contributed by atoms with Gasteiger partial charge in [0.25, 0.3) is 0 Å². The molecule has 2 aromatic carbocycles. The molecule has 44 heavy (non-hydrogen) atoms. The summed E-state index contributed by atoms with van der Waals surface area (Å²) in [5.74, 6) is 0.782. The van der Waals surface area contributed by atoms with Gasteiger partial charge < -0.3 is 24.0 Å². The van der Waals surface area contributed by atoms with Gasteiger partial charge in [-0.2, -0.15) is 10.2 Å². The number of benzene rings is 2. The predicted molar refractivity (Wildman–Crippen MR) is 160 cm³/mol. The van der Waals surface area contributed by atoms with Crippen LogP contribution in [0.15, 0.2) is 54.6 Å². The Kier molecular flexibility index (Phi) is 7.62. The van der Waals surface area contributed by atoms with Crippen molar-refractivity contribution in [2.75, 3.05) is 24.6 Å². The van der Waals surface area contributed by atoms with E-state index in [0.29, 0.717) is 24.5 Å². The van der Waals surface area contributed by atoms with E-state index in [1.165, 1.54) is 6.07 Å². The molecule has 3 fully saturated rings. The molecule has 0 radical (unpaired) electrons. The molecule has 5 heterocycles. The molecule has 2 aromatic heterocycles. The number of ether oxygens (including phenoxy) is 2. The number of aromatic carboxylic acids is 1. The second-order valence-electron chi connectivity index (χ2n) is 11.8. The van der Waals surface area contributed by atoms with Gasteiger partial charge in [-0.3, -0.25) is 4.90 Å². The number of piperazine rings is 1. The third kappa shape index (κ3) is 5.58. The van der Waals surface area contributed by atoms with Crippen molar-refractivity contribution in [2.45, 2.75) is 63.6 Å². The molecule has 4 aromatic rings. The number of imidazole rings is 1. The summed E-state index contributed by atoms with van der Waals surface area (Å²) in [6.45, 7) is 3.80. The average Bonchev–Trinajstić information content (AvgIpc) is 3.73. The smallest absolute Gasteiger partial charge is 0.335 e. The summed E-state index contributed by atoms with van der Waals surface area (Å²) < 4.78 is 28.3. The number of hydrogen-bond donors (Lipinski definition) is 1. The molecule has 7 rings (SSSR count). The molecule has 3 aliphatic heterocycles. The van der Waals surface area contributed by atoms with Crippen molar-refractivity contribution in [3.8, 4) is 11.9 Å². The summed E-state index contributed by atoms with van der Waals surface area (Å²) in [5.41, 5.74) is 2.53. The molecule has 1 N–H and O–H groups in total. The number of hydrogen-bond acceptors (Lipinski definition) is 8. The number of likely N-dealkylation sites (tertiary alicyclic amines) is 1. The van der Waals surface area contributed by atoms with Crippen LogP contribution >= 0.6 is 0 Å². The highest BCUT2D eigenvalue weighted by Gasteiger charge is 2.41. The Labute approximate surface area is 254 Å². The van der Waals surface area contributed by atoms with Crippen LogP contribution < -0.4 is 9.64 Å². The van der Waals surface area contributed by atoms with Gasteiger partial charge in [0.15, 0.2) is 0 Å². The predicted octanol–water partition coefficient (Wildman–Crippen LogP) is 4.75. The average molecular weight is 597 g/mol. The third-order valence-electron chi connectivity index (χ3n) is 8.94. The lowest BCUT2D eigenvalue weighted by Gasteiger charge is -2.41. The Hall–Kier alpha value is -4.53. The number of nitriles is 1. The van der Waals surface area contributed by atoms with Crippen LogP contribution in [0.4, 0.5) is 10.2 Å². The lowest BCUT2D eigenvalue weighted by molar-refractivity contribution is 0.0697. The number of nitrogens with zero attached hydrogens (tertiary/aromatic N) is 6. The lowest BCUT2D eigenvalue weighted by atomic mass is 10.1. The van der Waals surface area contributed by atoms with Crippen LogP contribution in [0.3, 0.4) is 0 Å². The van der Waals surface area contributed by atoms with Crippen molar-refractivity contribution in [1.29, 1.82) is 5.26 Å². The minimum atomic E-state index is -0.949. The normalized spacial score (nSPS) is 21.5. The van der Waals surface area contributed by atoms with E-state index >= 15 is 0 Å². The molecule has 3 saturated heterocycles. The number of rotatable bonds is 9. The summed E-state index contributed by atoms with van der Waals surface area (Å²) in [5, 5.41) is 18.6. The lowest BCUT2D eigenvalue weighted by Crippen LogP contribution is -2.54. The number of halogens is 1. The largest absolute Gasteiger partial charge is 0.478 e. The van der Waals surface area contributed by atoms with Crippen molar-refractivity contribution in [3.05, 3.63) is 82.9 Å². The fourth-order valence-electron chi connectivity index (χ4n) is 6.83. The molecule has 11 heteroatoms. The van der Waals surface area contributed by atoms with Gasteiger partial charge in [-0.05, 0) is 62.1 Å². The second-order valence-corrected chi connectivity index (χ2v) is 11.8. The maximum absolute atomic E-state index is 14.3. The van der Waals surface area contributed by atoms with Gasteiger partial charge in [0.2, 0.25) is 5.88 Å². The molecule has 0 saturated carbocycles. The number of carboxylic acid groups (broad SMARTS) is 1. The number of pyridine rings is 1. The number of carboxylic acids is 1. The Bertz CT molecular complexity index is 1730. The van der Waals surface area contributed by atoms with Crippen molar-refractivity contribution in [1.82, 2.24) is 19.4 Å². The van der Waals surface area contributed by atoms with Gasteiger partial charge in [0, 0.05) is 43.4 Å². The Morgan fingerprint density at radius 3 is 2.66 bits per heavy atom. The molecular formula is C33H33FN6O4. The summed E-state index contributed by atoms with van der Waals surface area (Å²) in [4.78, 5) is 26.3. The van der Waals surface area contributed by atoms with Gasteiger partial charge in [0.1, 0.15) is 24.1 Å². The zero-order chi connectivity index (χ0) is 30.2. The van der Waals surface area contributed by atoms with Gasteiger partial charge >= 0.3 is 5.97 Å². The first-order valence-corrected chi connectivity index (χ1v) is 15.1. The molecule has 2 unspecified atom stereocenters. The molecule has 0 amide bonds. The number of carbonyl (C=O) groups is 1. The van der Waals surface area contributed by atoms with E-state index < -0.39 is 11.8 Å². The van der Waals surface area contributed by atoms with E-state index in [2.05, 4.69) is 14.4 Å². The van der Waals surface area contributed by atoms with Crippen LogP contribution in [0.5, 0.6) is 5.88 Å². The van der Waals surface area contributed by atoms with Gasteiger partial charge in [-0.15, -0.1) is 0 Å². The molecule has 2 bridgehead atoms. The van der Waals surface area contributed by atoms with E-state index in [0.717, 1.165) is 68.1 Å². The fraction of sp³-hybridized carbons (Fsp3) is 0.394. The molecule has 3 atom stereocenters. The molecule has 10 nitrogen and oxygen atoms in total. The van der Waals surface area contributed by atoms with Crippen LogP contribution in [0.1, 0.15) is 53.0 Å². The maximum atomic E-state index is 14.3. The van der Waals surface area contributed by atoms with Crippen molar-refractivity contribution >= 4 is 22.8 Å². The summed E-state index contributed by atoms with van der Waals surface area (Å²) in [6, 6.07) is 17.7. The van der Waals surface area contributed by atoms with Gasteiger partial charge in [-0.1, -0.05) is 12.1 Å². The Morgan fingerprint density at radius 1 is 1.09 bits per heavy atom. The summed E-state index contributed by atoms with van der Waals surface area (Å²) >= 11 is 0. The first-order chi connectivity index (χ1) is 21.4. The highest BCUT2D eigenvalue weighted by atomic mass is 19.1. The monoisotopic (exact) mass is 596 g/mol. The highest BCUT2D eigenvalue weighted by molar-refractivity contribution is 5.92. The number of aromatic nitrogens is 3. The van der Waals surface area contributed by atoms with E-state index in [1.54, 1.807) is 36.4 Å². The molecule has 226 valence electrons. The van der Waals surface area contributed by atoms with E-state index in [1.807, 2.05) is 18.2 Å². The van der Waals surface area contributed by atoms with E-state index in [9.17, 15) is 14.3 Å². The first kappa shape index (κ1) is 28.3. The fourth-order valence-corrected chi connectivity index (χ4v) is 6.83. The van der Waals surface area contributed by atoms with Gasteiger partial charge in [0.05, 0.1) is 47.4 Å². The van der Waals surface area contributed by atoms with E-state index in [-0.39, 0.29) is 35.9 Å². The molecule has 0 aliphatic carbocycles. The first-order valence-electron chi connectivity index (χ1n) is 15.1. The molecular weight excluding hydrogens is 563 g/mol. The third-order valence-corrected chi connectivity index (χ3v) is 8.94. The quantitative estimate of drug-likeness (QED) is 0.292. The SMILES string of the molecule is N#Cc1ccc(COc2cccc(N3C4CCC3CN(Cc3nc5ccc(C(=O)O)cc5n3C[C@@H]3CCCO3)C4)n2)c(F)c1. The van der Waals surface area contributed by atoms with Crippen molar-refractivity contribution in [2.24, 2.45) is 0 Å². The zero-order valence-corrected chi connectivity index (χ0v) is 24.2. The van der Waals surface area contributed by atoms with Gasteiger partial charge in [-0.25, -0.2) is 14.2 Å². The van der Waals surface area contributed by atoms with Crippen LogP contribution in [0, 0.1) is 17.1 Å². The van der Waals surface area contributed by atoms with Crippen LogP contribution in [-0.4, -0.2) is 68.4 Å². The minimum absolute atomic E-state index is 0.0233. The number of fused-ring (bicyclic) bond motifs is 3. The highest BCUT2D eigenvalue weighted by Crippen LogP contribution is 2.35. The van der Waals surface area contributed by atoms with Crippen LogP contribution in [0.25, 0.3) is 11.0 Å². The number of anilines is 1. The van der Waals surface area contributed by atoms with Crippen molar-refractivity contribution in [3.63, 3.8) is 0 Å². The molecule has 0 spiro atoms. The Balaban J connectivity index is 1.07. The zero-order valence-electron chi connectivity index (χ0n) is 24.2. The topological polar surface area (TPSA) is 117 Å². The maximum Gasteiger partial charge on any atom is 0.335 e. The van der Waals surface area contributed by atoms with Crippen LogP contribution in [-0.2, 0) is 24.4 Å². The standard InChI is InChI=1S/C33H33FN6O4/c34-27-13-21(15-35)6-7-23(27)20-44-32-5-1-4-30(37-32)40-24-9-10-25(40)17-38(16-24)19-31-36-28-11-8-22(33(41)42)14-29(28)39(31)18-26-3-2-12-43-26/h1,4-8,11,13-14,24-26H,2-3,9-10,12,16-20H2,(H,41,42)/t24?,25?,26-/m0/s1. The minimum Gasteiger partial charge on any atom is -0.478 e. The summed E-state index contributed by atoms with van der Waals surface area (Å²) in [7, 11) is 0. The van der Waals surface area contributed by atoms with Crippen molar-refractivity contribution < 1.29 is 23.8 Å². The van der Waals surface area contributed by atoms with Crippen LogP contribution in [0.2, 0.25) is 0 Å². The van der Waals surface area contributed by atoms with E-state index in [4.69, 9.17) is 24.7 Å². The Morgan fingerprint density at radius 2 is 1.93 bits per heavy atom. The second kappa shape index (κ2) is 11.9. The molecule has 3 aliphatic rings.